The molecule has 1 atom stereocenters. The first-order valence-electron chi connectivity index (χ1n) is 11.6. The number of fused-ring (bicyclic) bond motifs is 4. The van der Waals surface area contributed by atoms with Crippen molar-refractivity contribution >= 4 is 28.5 Å². The van der Waals surface area contributed by atoms with Crippen LogP contribution in [0, 0.1) is 11.3 Å². The molecule has 0 spiro atoms. The van der Waals surface area contributed by atoms with Crippen LogP contribution in [0.2, 0.25) is 0 Å². The fraction of sp³-hybridized carbons (Fsp3) is 0.360. The number of piperazine rings is 2. The minimum Gasteiger partial charge on any atom is -0.465 e. The van der Waals surface area contributed by atoms with Gasteiger partial charge in [0.1, 0.15) is 11.9 Å². The largest absolute Gasteiger partial charge is 0.465 e. The van der Waals surface area contributed by atoms with Crippen LogP contribution < -0.4 is 9.80 Å². The van der Waals surface area contributed by atoms with Gasteiger partial charge < -0.3 is 19.8 Å². The summed E-state index contributed by atoms with van der Waals surface area (Å²) < 4.78 is 0. The van der Waals surface area contributed by atoms with Gasteiger partial charge in [0.15, 0.2) is 0 Å². The van der Waals surface area contributed by atoms with E-state index in [1.165, 1.54) is 10.5 Å². The van der Waals surface area contributed by atoms with E-state index < -0.39 is 6.09 Å². The first-order chi connectivity index (χ1) is 16.6. The van der Waals surface area contributed by atoms with Gasteiger partial charge in [0.05, 0.1) is 22.8 Å². The van der Waals surface area contributed by atoms with Gasteiger partial charge in [-0.05, 0) is 35.9 Å². The Hall–Kier alpha value is -3.90. The molecule has 3 aromatic rings. The van der Waals surface area contributed by atoms with Gasteiger partial charge >= 0.3 is 6.09 Å². The van der Waals surface area contributed by atoms with Crippen molar-refractivity contribution in [1.82, 2.24) is 19.8 Å². The quantitative estimate of drug-likeness (QED) is 0.630. The molecule has 1 N–H and O–H groups in total. The molecule has 0 radical (unpaired) electrons. The van der Waals surface area contributed by atoms with Crippen LogP contribution in [0.15, 0.2) is 42.6 Å². The van der Waals surface area contributed by atoms with Gasteiger partial charge in [-0.3, -0.25) is 9.88 Å². The highest BCUT2D eigenvalue weighted by Crippen LogP contribution is 2.39. The summed E-state index contributed by atoms with van der Waals surface area (Å²) in [6.45, 7) is 5.89. The van der Waals surface area contributed by atoms with E-state index in [2.05, 4.69) is 37.9 Å². The van der Waals surface area contributed by atoms with Gasteiger partial charge in [-0.2, -0.15) is 5.26 Å². The van der Waals surface area contributed by atoms with Crippen molar-refractivity contribution in [3.8, 4) is 6.07 Å². The highest BCUT2D eigenvalue weighted by Gasteiger charge is 2.37. The molecule has 3 aliphatic heterocycles. The molecule has 1 amide bonds. The second-order valence-electron chi connectivity index (χ2n) is 9.04. The molecule has 3 aliphatic rings. The Morgan fingerprint density at radius 2 is 1.85 bits per heavy atom. The first kappa shape index (κ1) is 20.7. The van der Waals surface area contributed by atoms with E-state index in [1.807, 2.05) is 24.3 Å². The molecule has 9 heteroatoms. The van der Waals surface area contributed by atoms with Crippen LogP contribution in [0.1, 0.15) is 22.9 Å². The summed E-state index contributed by atoms with van der Waals surface area (Å²) in [4.78, 5) is 29.2. The molecule has 9 nitrogen and oxygen atoms in total. The van der Waals surface area contributed by atoms with Crippen LogP contribution in [0.5, 0.6) is 0 Å². The van der Waals surface area contributed by atoms with E-state index >= 15 is 0 Å². The smallest absolute Gasteiger partial charge is 0.407 e. The molecule has 34 heavy (non-hydrogen) atoms. The summed E-state index contributed by atoms with van der Waals surface area (Å²) in [6.07, 6.45) is 0.886. The number of rotatable bonds is 2. The second kappa shape index (κ2) is 8.15. The minimum absolute atomic E-state index is 0.275. The number of benzene rings is 1. The Bertz CT molecular complexity index is 1310. The van der Waals surface area contributed by atoms with Gasteiger partial charge in [-0.1, -0.05) is 6.07 Å². The predicted molar refractivity (Wildman–Crippen MR) is 128 cm³/mol. The third-order valence-corrected chi connectivity index (χ3v) is 7.28. The lowest BCUT2D eigenvalue weighted by molar-refractivity contribution is 0.142. The molecule has 5 heterocycles. The van der Waals surface area contributed by atoms with Crippen LogP contribution in [-0.2, 0) is 6.54 Å². The number of nitriles is 1. The van der Waals surface area contributed by atoms with Crippen LogP contribution in [-0.4, -0.2) is 76.8 Å². The van der Waals surface area contributed by atoms with Crippen molar-refractivity contribution < 1.29 is 9.90 Å². The number of carboxylic acid groups (broad SMARTS) is 1. The third-order valence-electron chi connectivity index (χ3n) is 7.28. The summed E-state index contributed by atoms with van der Waals surface area (Å²) in [5.74, 6) is 0.935. The zero-order chi connectivity index (χ0) is 23.2. The zero-order valence-electron chi connectivity index (χ0n) is 18.8. The monoisotopic (exact) mass is 455 g/mol. The Morgan fingerprint density at radius 1 is 1.03 bits per heavy atom. The van der Waals surface area contributed by atoms with Crippen molar-refractivity contribution in [2.45, 2.75) is 12.6 Å². The van der Waals surface area contributed by atoms with Gasteiger partial charge in [0.25, 0.3) is 0 Å². The number of carbonyl (C=O) groups is 1. The van der Waals surface area contributed by atoms with E-state index in [9.17, 15) is 15.2 Å². The first-order valence-corrected chi connectivity index (χ1v) is 11.6. The van der Waals surface area contributed by atoms with E-state index in [0.29, 0.717) is 31.7 Å². The molecule has 0 aliphatic carbocycles. The molecule has 2 aromatic heterocycles. The molecule has 0 unspecified atom stereocenters. The number of aromatic nitrogens is 2. The molecule has 6 rings (SSSR count). The number of pyridine rings is 2. The van der Waals surface area contributed by atoms with Gasteiger partial charge in [0, 0.05) is 69.6 Å². The Kier molecular flexibility index (Phi) is 4.96. The Morgan fingerprint density at radius 3 is 2.65 bits per heavy atom. The molecule has 2 saturated heterocycles. The number of nitrogens with zero attached hydrogens (tertiary/aromatic N) is 7. The van der Waals surface area contributed by atoms with Crippen molar-refractivity contribution in [3.05, 3.63) is 59.4 Å². The average Bonchev–Trinajstić information content (AvgIpc) is 3.25. The summed E-state index contributed by atoms with van der Waals surface area (Å²) in [5, 5.41) is 19.7. The van der Waals surface area contributed by atoms with Gasteiger partial charge in [-0.15, -0.1) is 0 Å². The minimum atomic E-state index is -0.853. The third kappa shape index (κ3) is 3.38. The fourth-order valence-electron chi connectivity index (χ4n) is 5.47. The molecular formula is C25H25N7O2. The highest BCUT2D eigenvalue weighted by atomic mass is 16.4. The van der Waals surface area contributed by atoms with Crippen molar-refractivity contribution in [3.63, 3.8) is 0 Å². The maximum Gasteiger partial charge on any atom is 0.407 e. The average molecular weight is 456 g/mol. The van der Waals surface area contributed by atoms with Gasteiger partial charge in [-0.25, -0.2) is 9.78 Å². The number of hydrogen-bond donors (Lipinski definition) is 1. The maximum atomic E-state index is 11.2. The van der Waals surface area contributed by atoms with Crippen molar-refractivity contribution in [1.29, 1.82) is 5.26 Å². The molecule has 2 fully saturated rings. The summed E-state index contributed by atoms with van der Waals surface area (Å²) in [6, 6.07) is 14.7. The fourth-order valence-corrected chi connectivity index (χ4v) is 5.47. The van der Waals surface area contributed by atoms with E-state index in [-0.39, 0.29) is 6.04 Å². The standard InChI is InChI=1S/C25H25N7O2/c26-14-17-3-5-21(19-2-1-7-27-24(17)19)32-13-12-31-15-20-18(22(31)16-32)4-6-23(28-20)29-8-10-30(11-9-29)25(33)34/h1-7,22H,8-13,15-16H2,(H,33,34)/t22-/m0/s1. The van der Waals surface area contributed by atoms with Crippen LogP contribution in [0.3, 0.4) is 0 Å². The van der Waals surface area contributed by atoms with Crippen LogP contribution in [0.4, 0.5) is 16.3 Å². The van der Waals surface area contributed by atoms with Crippen LogP contribution in [0.25, 0.3) is 10.9 Å². The van der Waals surface area contributed by atoms with E-state index in [4.69, 9.17) is 4.98 Å². The maximum absolute atomic E-state index is 11.2. The number of hydrogen-bond acceptors (Lipinski definition) is 7. The van der Waals surface area contributed by atoms with Crippen LogP contribution >= 0.6 is 0 Å². The zero-order valence-corrected chi connectivity index (χ0v) is 18.8. The summed E-state index contributed by atoms with van der Waals surface area (Å²) >= 11 is 0. The Balaban J connectivity index is 1.24. The molecule has 0 saturated carbocycles. The molecule has 172 valence electrons. The SMILES string of the molecule is N#Cc1ccc(N2CCN3Cc4nc(N5CCN(C(=O)O)CC5)ccc4[C@@H]3C2)c2cccnc12. The van der Waals surface area contributed by atoms with E-state index in [1.54, 1.807) is 6.20 Å². The Labute approximate surface area is 197 Å². The van der Waals surface area contributed by atoms with Crippen molar-refractivity contribution in [2.75, 3.05) is 55.6 Å². The second-order valence-corrected chi connectivity index (χ2v) is 9.04. The molecular weight excluding hydrogens is 430 g/mol. The van der Waals surface area contributed by atoms with Crippen molar-refractivity contribution in [2.24, 2.45) is 0 Å². The van der Waals surface area contributed by atoms with E-state index in [0.717, 1.165) is 54.3 Å². The highest BCUT2D eigenvalue weighted by molar-refractivity contribution is 5.95. The normalized spacial score (nSPS) is 20.2. The topological polar surface area (TPSA) is 99.8 Å². The van der Waals surface area contributed by atoms with Gasteiger partial charge in [0.2, 0.25) is 0 Å². The summed E-state index contributed by atoms with van der Waals surface area (Å²) in [5.41, 5.74) is 4.87. The summed E-state index contributed by atoms with van der Waals surface area (Å²) in [7, 11) is 0. The lowest BCUT2D eigenvalue weighted by atomic mass is 10.0. The lowest BCUT2D eigenvalue weighted by Gasteiger charge is -2.39. The predicted octanol–water partition coefficient (Wildman–Crippen LogP) is 2.68. The molecule has 0 bridgehead atoms. The lowest BCUT2D eigenvalue weighted by Crippen LogP contribution is -2.48. The number of amides is 1. The molecule has 1 aromatic carbocycles. The number of anilines is 2.